The zero-order chi connectivity index (χ0) is 10.7. The molecule has 0 unspecified atom stereocenters. The number of morpholine rings is 1. The third-order valence-electron chi connectivity index (χ3n) is 2.66. The van der Waals surface area contributed by atoms with Gasteiger partial charge in [0.05, 0.1) is 19.8 Å². The first kappa shape index (κ1) is 10.5. The highest BCUT2D eigenvalue weighted by Gasteiger charge is 2.19. The van der Waals surface area contributed by atoms with Crippen LogP contribution >= 0.6 is 0 Å². The van der Waals surface area contributed by atoms with Crippen LogP contribution in [0, 0.1) is 0 Å². The molecule has 3 heteroatoms. The van der Waals surface area contributed by atoms with E-state index in [0.29, 0.717) is 6.04 Å². The van der Waals surface area contributed by atoms with Gasteiger partial charge in [-0.15, -0.1) is 0 Å². The predicted molar refractivity (Wildman–Crippen MR) is 59.2 cm³/mol. The van der Waals surface area contributed by atoms with Gasteiger partial charge < -0.3 is 14.8 Å². The first-order valence-electron chi connectivity index (χ1n) is 5.28. The van der Waals surface area contributed by atoms with Gasteiger partial charge in [0.15, 0.2) is 0 Å². The van der Waals surface area contributed by atoms with Crippen LogP contribution in [0.2, 0.25) is 0 Å². The van der Waals surface area contributed by atoms with E-state index in [0.717, 1.165) is 18.9 Å². The summed E-state index contributed by atoms with van der Waals surface area (Å²) in [5, 5.41) is 3.40. The van der Waals surface area contributed by atoms with Gasteiger partial charge in [-0.2, -0.15) is 0 Å². The second-order valence-corrected chi connectivity index (χ2v) is 3.91. The van der Waals surface area contributed by atoms with E-state index in [4.69, 9.17) is 9.47 Å². The monoisotopic (exact) mass is 207 g/mol. The molecule has 2 atom stereocenters. The third kappa shape index (κ3) is 2.49. The molecular weight excluding hydrogens is 190 g/mol. The molecule has 1 heterocycles. The Morgan fingerprint density at radius 3 is 3.00 bits per heavy atom. The van der Waals surface area contributed by atoms with E-state index in [1.165, 1.54) is 5.56 Å². The largest absolute Gasteiger partial charge is 0.497 e. The fourth-order valence-corrected chi connectivity index (χ4v) is 1.74. The molecule has 1 aromatic rings. The van der Waals surface area contributed by atoms with E-state index in [9.17, 15) is 0 Å². The number of hydrogen-bond acceptors (Lipinski definition) is 3. The van der Waals surface area contributed by atoms with Gasteiger partial charge >= 0.3 is 0 Å². The SMILES string of the molecule is COc1cccc([C@@H]2CN[C@@H](C)CO2)c1. The lowest BCUT2D eigenvalue weighted by atomic mass is 10.1. The molecule has 0 aromatic heterocycles. The summed E-state index contributed by atoms with van der Waals surface area (Å²) in [5.74, 6) is 0.884. The molecule has 15 heavy (non-hydrogen) atoms. The second-order valence-electron chi connectivity index (χ2n) is 3.91. The Bertz CT molecular complexity index is 319. The van der Waals surface area contributed by atoms with Crippen LogP contribution in [0.5, 0.6) is 5.75 Å². The van der Waals surface area contributed by atoms with E-state index in [2.05, 4.69) is 18.3 Å². The van der Waals surface area contributed by atoms with Crippen LogP contribution in [-0.2, 0) is 4.74 Å². The Morgan fingerprint density at radius 1 is 1.47 bits per heavy atom. The van der Waals surface area contributed by atoms with Crippen molar-refractivity contribution < 1.29 is 9.47 Å². The molecule has 1 aliphatic rings. The molecule has 0 bridgehead atoms. The maximum Gasteiger partial charge on any atom is 0.119 e. The molecule has 1 saturated heterocycles. The van der Waals surface area contributed by atoms with Crippen molar-refractivity contribution in [1.82, 2.24) is 5.32 Å². The van der Waals surface area contributed by atoms with Crippen LogP contribution in [0.1, 0.15) is 18.6 Å². The minimum atomic E-state index is 0.149. The number of hydrogen-bond donors (Lipinski definition) is 1. The summed E-state index contributed by atoms with van der Waals surface area (Å²) in [6.45, 7) is 3.76. The van der Waals surface area contributed by atoms with Crippen LogP contribution < -0.4 is 10.1 Å². The van der Waals surface area contributed by atoms with E-state index >= 15 is 0 Å². The van der Waals surface area contributed by atoms with Crippen molar-refractivity contribution in [3.8, 4) is 5.75 Å². The molecule has 0 amide bonds. The average Bonchev–Trinajstić information content (AvgIpc) is 2.30. The molecule has 2 rings (SSSR count). The molecule has 1 aromatic carbocycles. The maximum absolute atomic E-state index is 5.76. The quantitative estimate of drug-likeness (QED) is 0.801. The van der Waals surface area contributed by atoms with Crippen LogP contribution in [-0.4, -0.2) is 26.3 Å². The topological polar surface area (TPSA) is 30.5 Å². The highest BCUT2D eigenvalue weighted by Crippen LogP contribution is 2.23. The minimum Gasteiger partial charge on any atom is -0.497 e. The lowest BCUT2D eigenvalue weighted by Crippen LogP contribution is -2.40. The van der Waals surface area contributed by atoms with Gasteiger partial charge in [0.1, 0.15) is 5.75 Å². The normalized spacial score (nSPS) is 26.3. The molecule has 0 spiro atoms. The molecule has 0 aliphatic carbocycles. The highest BCUT2D eigenvalue weighted by molar-refractivity contribution is 5.30. The summed E-state index contributed by atoms with van der Waals surface area (Å²) in [5.41, 5.74) is 1.17. The number of benzene rings is 1. The van der Waals surface area contributed by atoms with Gasteiger partial charge in [-0.1, -0.05) is 12.1 Å². The lowest BCUT2D eigenvalue weighted by molar-refractivity contribution is 0.00686. The van der Waals surface area contributed by atoms with Crippen LogP contribution in [0.25, 0.3) is 0 Å². The van der Waals surface area contributed by atoms with Crippen molar-refractivity contribution >= 4 is 0 Å². The van der Waals surface area contributed by atoms with Gasteiger partial charge in [0, 0.05) is 12.6 Å². The Balaban J connectivity index is 2.08. The minimum absolute atomic E-state index is 0.149. The highest BCUT2D eigenvalue weighted by atomic mass is 16.5. The fraction of sp³-hybridized carbons (Fsp3) is 0.500. The molecule has 82 valence electrons. The Hall–Kier alpha value is -1.06. The number of nitrogens with one attached hydrogen (secondary N) is 1. The molecular formula is C12H17NO2. The first-order chi connectivity index (χ1) is 7.29. The zero-order valence-corrected chi connectivity index (χ0v) is 9.19. The van der Waals surface area contributed by atoms with Crippen LogP contribution in [0.4, 0.5) is 0 Å². The van der Waals surface area contributed by atoms with E-state index in [1.54, 1.807) is 7.11 Å². The van der Waals surface area contributed by atoms with Crippen molar-refractivity contribution in [1.29, 1.82) is 0 Å². The summed E-state index contributed by atoms with van der Waals surface area (Å²) in [6.07, 6.45) is 0.149. The van der Waals surface area contributed by atoms with Crippen LogP contribution in [0.15, 0.2) is 24.3 Å². The predicted octanol–water partition coefficient (Wildman–Crippen LogP) is 1.74. The molecule has 3 nitrogen and oxygen atoms in total. The lowest BCUT2D eigenvalue weighted by Gasteiger charge is -2.28. The molecule has 1 fully saturated rings. The smallest absolute Gasteiger partial charge is 0.119 e. The summed E-state index contributed by atoms with van der Waals surface area (Å²) < 4.78 is 10.9. The first-order valence-corrected chi connectivity index (χ1v) is 5.28. The van der Waals surface area contributed by atoms with Crippen molar-refractivity contribution in [3.63, 3.8) is 0 Å². The van der Waals surface area contributed by atoms with Crippen molar-refractivity contribution in [3.05, 3.63) is 29.8 Å². The van der Waals surface area contributed by atoms with E-state index < -0.39 is 0 Å². The Labute approximate surface area is 90.4 Å². The van der Waals surface area contributed by atoms with Gasteiger partial charge in [-0.3, -0.25) is 0 Å². The summed E-state index contributed by atoms with van der Waals surface area (Å²) >= 11 is 0. The molecule has 0 radical (unpaired) electrons. The van der Waals surface area contributed by atoms with Gasteiger partial charge in [-0.25, -0.2) is 0 Å². The Morgan fingerprint density at radius 2 is 2.33 bits per heavy atom. The zero-order valence-electron chi connectivity index (χ0n) is 9.19. The Kier molecular flexibility index (Phi) is 3.23. The van der Waals surface area contributed by atoms with Crippen LogP contribution in [0.3, 0.4) is 0 Å². The van der Waals surface area contributed by atoms with Crippen molar-refractivity contribution in [2.45, 2.75) is 19.1 Å². The summed E-state index contributed by atoms with van der Waals surface area (Å²) in [7, 11) is 1.68. The molecule has 1 N–H and O–H groups in total. The second kappa shape index (κ2) is 4.64. The molecule has 0 saturated carbocycles. The molecule has 1 aliphatic heterocycles. The maximum atomic E-state index is 5.76. The third-order valence-corrected chi connectivity index (χ3v) is 2.66. The van der Waals surface area contributed by atoms with Crippen molar-refractivity contribution in [2.24, 2.45) is 0 Å². The number of methoxy groups -OCH3 is 1. The summed E-state index contributed by atoms with van der Waals surface area (Å²) in [4.78, 5) is 0. The van der Waals surface area contributed by atoms with Gasteiger partial charge in [-0.05, 0) is 24.6 Å². The summed E-state index contributed by atoms with van der Waals surface area (Å²) in [6, 6.07) is 8.50. The van der Waals surface area contributed by atoms with E-state index in [1.807, 2.05) is 18.2 Å². The van der Waals surface area contributed by atoms with E-state index in [-0.39, 0.29) is 6.10 Å². The van der Waals surface area contributed by atoms with Crippen molar-refractivity contribution in [2.75, 3.05) is 20.3 Å². The van der Waals surface area contributed by atoms with Gasteiger partial charge in [0.2, 0.25) is 0 Å². The standard InChI is InChI=1S/C12H17NO2/c1-9-8-15-12(7-13-9)10-4-3-5-11(6-10)14-2/h3-6,9,12-13H,7-8H2,1-2H3/t9-,12-/m0/s1. The van der Waals surface area contributed by atoms with Gasteiger partial charge in [0.25, 0.3) is 0 Å². The fourth-order valence-electron chi connectivity index (χ4n) is 1.74. The number of ether oxygens (including phenoxy) is 2. The number of rotatable bonds is 2. The average molecular weight is 207 g/mol.